The van der Waals surface area contributed by atoms with Crippen molar-refractivity contribution >= 4 is 39.1 Å². The number of nitrogens with one attached hydrogen (secondary N) is 1. The number of benzene rings is 2. The first-order valence-electron chi connectivity index (χ1n) is 9.19. The van der Waals surface area contributed by atoms with E-state index in [2.05, 4.69) is 5.32 Å². The first-order chi connectivity index (χ1) is 14.7. The summed E-state index contributed by atoms with van der Waals surface area (Å²) in [7, 11) is -4.20. The molecule has 3 rings (SSSR count). The van der Waals surface area contributed by atoms with Gasteiger partial charge >= 0.3 is 5.56 Å². The van der Waals surface area contributed by atoms with Crippen molar-refractivity contribution in [3.63, 3.8) is 0 Å². The number of carbonyl (C=O) groups is 1. The first kappa shape index (κ1) is 22.9. The van der Waals surface area contributed by atoms with Crippen LogP contribution >= 0.6 is 23.2 Å². The van der Waals surface area contributed by atoms with Crippen molar-refractivity contribution in [3.8, 4) is 5.75 Å². The SMILES string of the molecule is O=C(NCCCc1ccc(Cl)c(Cl)c1)c1ccn(S(=O)(=O)c2ccccc2)c(=O)c1O. The number of aryl methyl sites for hydroxylation is 1. The Bertz CT molecular complexity index is 1270. The van der Waals surface area contributed by atoms with Gasteiger partial charge in [-0.15, -0.1) is 0 Å². The van der Waals surface area contributed by atoms with E-state index in [1.54, 1.807) is 18.2 Å². The van der Waals surface area contributed by atoms with Gasteiger partial charge in [0.15, 0.2) is 5.75 Å². The topological polar surface area (TPSA) is 105 Å². The number of pyridine rings is 1. The second-order valence-corrected chi connectivity index (χ2v) is 9.23. The molecule has 0 saturated carbocycles. The molecule has 0 fully saturated rings. The highest BCUT2D eigenvalue weighted by Gasteiger charge is 2.23. The van der Waals surface area contributed by atoms with Gasteiger partial charge in [0, 0.05) is 12.7 Å². The van der Waals surface area contributed by atoms with Crippen LogP contribution in [0.25, 0.3) is 0 Å². The predicted molar refractivity (Wildman–Crippen MR) is 119 cm³/mol. The molecule has 7 nitrogen and oxygen atoms in total. The van der Waals surface area contributed by atoms with E-state index in [-0.39, 0.29) is 17.0 Å². The van der Waals surface area contributed by atoms with Gasteiger partial charge in [0.1, 0.15) is 0 Å². The van der Waals surface area contributed by atoms with Crippen molar-refractivity contribution in [2.45, 2.75) is 17.7 Å². The van der Waals surface area contributed by atoms with Gasteiger partial charge in [0.25, 0.3) is 15.9 Å². The van der Waals surface area contributed by atoms with E-state index < -0.39 is 27.2 Å². The highest BCUT2D eigenvalue weighted by Crippen LogP contribution is 2.23. The van der Waals surface area contributed by atoms with Crippen LogP contribution in [-0.4, -0.2) is 29.9 Å². The maximum Gasteiger partial charge on any atom is 0.307 e. The smallest absolute Gasteiger partial charge is 0.307 e. The van der Waals surface area contributed by atoms with E-state index in [1.165, 1.54) is 24.3 Å². The molecule has 31 heavy (non-hydrogen) atoms. The molecular formula is C21H18Cl2N2O5S. The Morgan fingerprint density at radius 3 is 2.42 bits per heavy atom. The molecule has 162 valence electrons. The second-order valence-electron chi connectivity index (χ2n) is 6.61. The van der Waals surface area contributed by atoms with E-state index in [0.29, 0.717) is 26.9 Å². The van der Waals surface area contributed by atoms with Gasteiger partial charge < -0.3 is 10.4 Å². The predicted octanol–water partition coefficient (Wildman–Crippen LogP) is 3.46. The van der Waals surface area contributed by atoms with Gasteiger partial charge in [-0.25, -0.2) is 12.4 Å². The normalized spacial score (nSPS) is 11.3. The quantitative estimate of drug-likeness (QED) is 0.503. The van der Waals surface area contributed by atoms with Crippen molar-refractivity contribution in [1.82, 2.24) is 9.29 Å². The summed E-state index contributed by atoms with van der Waals surface area (Å²) in [5, 5.41) is 13.7. The molecule has 1 heterocycles. The van der Waals surface area contributed by atoms with E-state index >= 15 is 0 Å². The molecule has 0 radical (unpaired) electrons. The standard InChI is InChI=1S/C21H18Cl2N2O5S/c22-17-9-8-14(13-18(17)23)5-4-11-24-20(27)16-10-12-25(21(28)19(16)26)31(29,30)15-6-2-1-3-7-15/h1-3,6-10,12-13,26H,4-5,11H2,(H,24,27). The number of halogens is 2. The van der Waals surface area contributed by atoms with Gasteiger partial charge in [-0.1, -0.05) is 47.5 Å². The van der Waals surface area contributed by atoms with Crippen LogP contribution in [0.2, 0.25) is 10.0 Å². The summed E-state index contributed by atoms with van der Waals surface area (Å²) < 4.78 is 25.6. The zero-order valence-electron chi connectivity index (χ0n) is 16.1. The van der Waals surface area contributed by atoms with Gasteiger partial charge in [-0.3, -0.25) is 9.59 Å². The molecule has 0 aliphatic heterocycles. The lowest BCUT2D eigenvalue weighted by Gasteiger charge is -2.11. The second kappa shape index (κ2) is 9.55. The molecule has 0 bridgehead atoms. The third-order valence-corrected chi connectivity index (χ3v) is 6.90. The van der Waals surface area contributed by atoms with Crippen LogP contribution in [0.1, 0.15) is 22.3 Å². The average molecular weight is 481 g/mol. The van der Waals surface area contributed by atoms with Crippen molar-refractivity contribution in [2.24, 2.45) is 0 Å². The minimum atomic E-state index is -4.20. The monoisotopic (exact) mass is 480 g/mol. The van der Waals surface area contributed by atoms with Crippen molar-refractivity contribution in [1.29, 1.82) is 0 Å². The number of nitrogens with zero attached hydrogens (tertiary/aromatic N) is 1. The number of rotatable bonds is 7. The van der Waals surface area contributed by atoms with E-state index in [0.717, 1.165) is 17.8 Å². The highest BCUT2D eigenvalue weighted by atomic mass is 35.5. The minimum Gasteiger partial charge on any atom is -0.502 e. The third kappa shape index (κ3) is 5.10. The number of aromatic hydroxyl groups is 1. The Hall–Kier alpha value is -2.81. The Morgan fingerprint density at radius 1 is 1.03 bits per heavy atom. The minimum absolute atomic E-state index is 0.115. The summed E-state index contributed by atoms with van der Waals surface area (Å²) in [4.78, 5) is 24.7. The third-order valence-electron chi connectivity index (χ3n) is 4.49. The molecule has 0 spiro atoms. The number of aromatic nitrogens is 1. The lowest BCUT2D eigenvalue weighted by Crippen LogP contribution is -2.31. The molecule has 10 heteroatoms. The Balaban J connectivity index is 1.69. The summed E-state index contributed by atoms with van der Waals surface area (Å²) in [5.74, 6) is -1.63. The van der Waals surface area contributed by atoms with Gasteiger partial charge in [0.2, 0.25) is 0 Å². The van der Waals surface area contributed by atoms with E-state index in [1.807, 2.05) is 6.07 Å². The van der Waals surface area contributed by atoms with E-state index in [9.17, 15) is 23.1 Å². The van der Waals surface area contributed by atoms with Crippen molar-refractivity contribution in [3.05, 3.63) is 92.3 Å². The van der Waals surface area contributed by atoms with Crippen LogP contribution in [0.5, 0.6) is 5.75 Å². The maximum atomic E-state index is 12.6. The van der Waals surface area contributed by atoms with Gasteiger partial charge in [-0.2, -0.15) is 0 Å². The zero-order chi connectivity index (χ0) is 22.6. The van der Waals surface area contributed by atoms with Crippen molar-refractivity contribution < 1.29 is 18.3 Å². The Labute approximate surface area is 188 Å². The van der Waals surface area contributed by atoms with Gasteiger partial charge in [-0.05, 0) is 48.7 Å². The summed E-state index contributed by atoms with van der Waals surface area (Å²) >= 11 is 11.8. The molecule has 3 aromatic rings. The molecule has 0 aliphatic carbocycles. The molecular weight excluding hydrogens is 463 g/mol. The van der Waals surface area contributed by atoms with Crippen LogP contribution in [0.15, 0.2) is 70.5 Å². The fraction of sp³-hybridized carbons (Fsp3) is 0.143. The van der Waals surface area contributed by atoms with Crippen LogP contribution < -0.4 is 10.9 Å². The summed E-state index contributed by atoms with van der Waals surface area (Å²) in [6, 6.07) is 13.7. The molecule has 1 aromatic heterocycles. The van der Waals surface area contributed by atoms with Crippen LogP contribution in [0.3, 0.4) is 0 Å². The number of hydrogen-bond donors (Lipinski definition) is 2. The largest absolute Gasteiger partial charge is 0.502 e. The molecule has 0 atom stereocenters. The Morgan fingerprint density at radius 2 is 1.74 bits per heavy atom. The van der Waals surface area contributed by atoms with E-state index in [4.69, 9.17) is 23.2 Å². The fourth-order valence-electron chi connectivity index (χ4n) is 2.87. The molecule has 0 aliphatic rings. The number of carbonyl (C=O) groups excluding carboxylic acids is 1. The maximum absolute atomic E-state index is 12.6. The summed E-state index contributed by atoms with van der Waals surface area (Å²) in [5.41, 5.74) is -0.563. The van der Waals surface area contributed by atoms with Crippen LogP contribution in [0, 0.1) is 0 Å². The van der Waals surface area contributed by atoms with Crippen LogP contribution in [0.4, 0.5) is 0 Å². The molecule has 1 amide bonds. The number of hydrogen-bond acceptors (Lipinski definition) is 5. The molecule has 0 saturated heterocycles. The average Bonchev–Trinajstić information content (AvgIpc) is 2.75. The highest BCUT2D eigenvalue weighted by molar-refractivity contribution is 7.90. The summed E-state index contributed by atoms with van der Waals surface area (Å²) in [6.45, 7) is 0.268. The molecule has 2 N–H and O–H groups in total. The van der Waals surface area contributed by atoms with Gasteiger partial charge in [0.05, 0.1) is 20.5 Å². The lowest BCUT2D eigenvalue weighted by atomic mass is 10.1. The van der Waals surface area contributed by atoms with Crippen molar-refractivity contribution in [2.75, 3.05) is 6.54 Å². The molecule has 0 unspecified atom stereocenters. The number of amides is 1. The van der Waals surface area contributed by atoms with Crippen LogP contribution in [-0.2, 0) is 16.4 Å². The fourth-order valence-corrected chi connectivity index (χ4v) is 4.45. The molecule has 2 aromatic carbocycles. The zero-order valence-corrected chi connectivity index (χ0v) is 18.4. The summed E-state index contributed by atoms with van der Waals surface area (Å²) in [6.07, 6.45) is 2.15. The lowest BCUT2D eigenvalue weighted by molar-refractivity contribution is 0.0950. The first-order valence-corrected chi connectivity index (χ1v) is 11.4. The Kier molecular flexibility index (Phi) is 7.04.